The van der Waals surface area contributed by atoms with E-state index in [1.54, 1.807) is 0 Å². The van der Waals surface area contributed by atoms with E-state index in [9.17, 15) is 0 Å². The van der Waals surface area contributed by atoms with Crippen molar-refractivity contribution >= 4 is 0 Å². The molecule has 0 aromatic heterocycles. The molecule has 0 amide bonds. The molecule has 62 valence electrons. The van der Waals surface area contributed by atoms with Gasteiger partial charge < -0.3 is 7.43 Å². The Morgan fingerprint density at radius 1 is 1.27 bits per heavy atom. The van der Waals surface area contributed by atoms with Gasteiger partial charge in [0.1, 0.15) is 0 Å². The van der Waals surface area contributed by atoms with Gasteiger partial charge in [-0.05, 0) is 11.8 Å². The Balaban J connectivity index is 0. The number of rotatable bonds is 2. The van der Waals surface area contributed by atoms with Crippen molar-refractivity contribution in [2.45, 2.75) is 46.0 Å². The zero-order valence-electron chi connectivity index (χ0n) is 8.69. The van der Waals surface area contributed by atoms with Crippen LogP contribution in [0.3, 0.4) is 0 Å². The van der Waals surface area contributed by atoms with E-state index in [1.165, 1.54) is 32.1 Å². The zero-order valence-corrected chi connectivity index (χ0v) is 8.69. The number of hydrogen-bond acceptors (Lipinski definition) is 0. The van der Waals surface area contributed by atoms with Gasteiger partial charge in [0.25, 0.3) is 0 Å². The summed E-state index contributed by atoms with van der Waals surface area (Å²) in [5.41, 5.74) is 0. The largest absolute Gasteiger partial charge is 1.00 e. The van der Waals surface area contributed by atoms with Gasteiger partial charge in [-0.3, -0.25) is 0 Å². The normalized spacial score (nSPS) is 20.2. The first-order valence-corrected chi connectivity index (χ1v) is 4.34. The summed E-state index contributed by atoms with van der Waals surface area (Å²) in [6.45, 7) is 4.71. The second-order valence-corrected chi connectivity index (χ2v) is 3.43. The Kier molecular flexibility index (Phi) is 9.33. The van der Waals surface area contributed by atoms with Gasteiger partial charge in [0.2, 0.25) is 0 Å². The fraction of sp³-hybridized carbons (Fsp3) is 0.900. The van der Waals surface area contributed by atoms with Crippen molar-refractivity contribution in [1.29, 1.82) is 0 Å². The van der Waals surface area contributed by atoms with E-state index in [-0.39, 0.29) is 26.3 Å². The van der Waals surface area contributed by atoms with Crippen LogP contribution in [0.15, 0.2) is 0 Å². The topological polar surface area (TPSA) is 0 Å². The smallest absolute Gasteiger partial charge is 0.358 e. The predicted octanol–water partition coefficient (Wildman–Crippen LogP) is 0.677. The van der Waals surface area contributed by atoms with Crippen LogP contribution in [0.4, 0.5) is 0 Å². The minimum absolute atomic E-state index is 0. The van der Waals surface area contributed by atoms with Crippen LogP contribution in [0.2, 0.25) is 0 Å². The molecule has 0 spiro atoms. The molecule has 11 heavy (non-hydrogen) atoms. The van der Waals surface area contributed by atoms with Crippen LogP contribution in [-0.2, 0) is 0 Å². The molecule has 1 fully saturated rings. The van der Waals surface area contributed by atoms with Crippen LogP contribution in [0, 0.1) is 19.3 Å². The maximum atomic E-state index is 2.40. The summed E-state index contributed by atoms with van der Waals surface area (Å²) in [4.78, 5) is 0. The second kappa shape index (κ2) is 7.26. The summed E-state index contributed by atoms with van der Waals surface area (Å²) in [5, 5.41) is 0. The van der Waals surface area contributed by atoms with Crippen LogP contribution < -0.4 is 18.9 Å². The van der Waals surface area contributed by atoms with Crippen LogP contribution in [0.1, 0.15) is 46.0 Å². The summed E-state index contributed by atoms with van der Waals surface area (Å²) in [5.74, 6) is 2.07. The van der Waals surface area contributed by atoms with Crippen molar-refractivity contribution in [3.63, 3.8) is 0 Å². The molecule has 0 aliphatic heterocycles. The molecular formula is C10H21Li. The summed E-state index contributed by atoms with van der Waals surface area (Å²) >= 11 is 0. The molecule has 0 aromatic carbocycles. The Bertz CT molecular complexity index is 74.9. The van der Waals surface area contributed by atoms with Crippen molar-refractivity contribution in [3.8, 4) is 0 Å². The first-order valence-electron chi connectivity index (χ1n) is 4.34. The molecule has 1 unspecified atom stereocenters. The van der Waals surface area contributed by atoms with Gasteiger partial charge in [0.15, 0.2) is 0 Å². The SMILES string of the molecule is CCC(C)C1CCCC1.[CH3-].[Li+]. The quantitative estimate of drug-likeness (QED) is 0.399. The van der Waals surface area contributed by atoms with Gasteiger partial charge in [0.05, 0.1) is 0 Å². The Labute approximate surface area is 84.3 Å². The number of hydrogen-bond donors (Lipinski definition) is 0. The van der Waals surface area contributed by atoms with Gasteiger partial charge in [-0.2, -0.15) is 0 Å². The minimum Gasteiger partial charge on any atom is -0.358 e. The fourth-order valence-electron chi connectivity index (χ4n) is 1.86. The molecule has 0 heterocycles. The van der Waals surface area contributed by atoms with E-state index in [4.69, 9.17) is 0 Å². The van der Waals surface area contributed by atoms with Crippen molar-refractivity contribution in [2.24, 2.45) is 11.8 Å². The maximum Gasteiger partial charge on any atom is 1.00 e. The van der Waals surface area contributed by atoms with Crippen LogP contribution >= 0.6 is 0 Å². The van der Waals surface area contributed by atoms with E-state index in [0.29, 0.717) is 0 Å². The Morgan fingerprint density at radius 2 is 1.73 bits per heavy atom. The average Bonchev–Trinajstić information content (AvgIpc) is 2.37. The van der Waals surface area contributed by atoms with Crippen molar-refractivity contribution in [1.82, 2.24) is 0 Å². The van der Waals surface area contributed by atoms with Gasteiger partial charge in [0, 0.05) is 0 Å². The average molecular weight is 148 g/mol. The molecule has 1 heteroatoms. The third kappa shape index (κ3) is 4.24. The zero-order chi connectivity index (χ0) is 6.69. The molecule has 0 N–H and O–H groups in total. The van der Waals surface area contributed by atoms with Crippen LogP contribution in [-0.4, -0.2) is 0 Å². The summed E-state index contributed by atoms with van der Waals surface area (Å²) in [6, 6.07) is 0. The summed E-state index contributed by atoms with van der Waals surface area (Å²) in [7, 11) is 0. The van der Waals surface area contributed by atoms with E-state index >= 15 is 0 Å². The predicted molar refractivity (Wildman–Crippen MR) is 47.8 cm³/mol. The fourth-order valence-corrected chi connectivity index (χ4v) is 1.86. The molecule has 1 atom stereocenters. The molecular weight excluding hydrogens is 127 g/mol. The minimum atomic E-state index is 0. The molecule has 1 aliphatic rings. The Morgan fingerprint density at radius 3 is 2.09 bits per heavy atom. The van der Waals surface area contributed by atoms with Crippen LogP contribution in [0.25, 0.3) is 0 Å². The molecule has 0 bridgehead atoms. The Hall–Kier alpha value is 0.597. The van der Waals surface area contributed by atoms with Gasteiger partial charge >= 0.3 is 18.9 Å². The van der Waals surface area contributed by atoms with E-state index in [1.807, 2.05) is 0 Å². The molecule has 1 rings (SSSR count). The summed E-state index contributed by atoms with van der Waals surface area (Å²) in [6.07, 6.45) is 7.39. The molecule has 0 saturated heterocycles. The third-order valence-electron chi connectivity index (χ3n) is 2.85. The first kappa shape index (κ1) is 14.1. The second-order valence-electron chi connectivity index (χ2n) is 3.43. The van der Waals surface area contributed by atoms with Crippen molar-refractivity contribution in [2.75, 3.05) is 0 Å². The van der Waals surface area contributed by atoms with E-state index < -0.39 is 0 Å². The molecule has 1 saturated carbocycles. The van der Waals surface area contributed by atoms with Crippen molar-refractivity contribution < 1.29 is 18.9 Å². The first-order chi connectivity index (χ1) is 4.34. The molecule has 0 radical (unpaired) electrons. The molecule has 0 nitrogen and oxygen atoms in total. The standard InChI is InChI=1S/C9H18.CH3.Li/c1-3-8(2)9-6-4-5-7-9;;/h8-9H,3-7H2,1-2H3;1H3;/q;-1;+1. The molecule has 1 aliphatic carbocycles. The third-order valence-corrected chi connectivity index (χ3v) is 2.85. The van der Waals surface area contributed by atoms with Gasteiger partial charge in [-0.15, -0.1) is 0 Å². The molecule has 0 aromatic rings. The van der Waals surface area contributed by atoms with Gasteiger partial charge in [-0.1, -0.05) is 46.0 Å². The van der Waals surface area contributed by atoms with Gasteiger partial charge in [-0.25, -0.2) is 0 Å². The van der Waals surface area contributed by atoms with Crippen molar-refractivity contribution in [3.05, 3.63) is 7.43 Å². The van der Waals surface area contributed by atoms with E-state index in [2.05, 4.69) is 13.8 Å². The van der Waals surface area contributed by atoms with E-state index in [0.717, 1.165) is 11.8 Å². The maximum absolute atomic E-state index is 2.40. The van der Waals surface area contributed by atoms with Crippen LogP contribution in [0.5, 0.6) is 0 Å². The summed E-state index contributed by atoms with van der Waals surface area (Å²) < 4.78 is 0. The monoisotopic (exact) mass is 148 g/mol.